The second-order valence-corrected chi connectivity index (χ2v) is 5.09. The standard InChI is InChI=1S/C13H9BrClFN2O/c1-7-11(4-5-12(14)17-7)18-13(19)9-3-2-8(15)6-10(9)16/h2-6H,1H3,(H,18,19). The smallest absolute Gasteiger partial charge is 0.258 e. The van der Waals surface area contributed by atoms with E-state index in [1.54, 1.807) is 19.1 Å². The number of benzene rings is 1. The molecule has 1 heterocycles. The first-order chi connectivity index (χ1) is 8.97. The molecule has 0 aliphatic heterocycles. The lowest BCUT2D eigenvalue weighted by molar-refractivity contribution is 0.102. The highest BCUT2D eigenvalue weighted by atomic mass is 79.9. The van der Waals surface area contributed by atoms with Crippen LogP contribution in [0.4, 0.5) is 10.1 Å². The lowest BCUT2D eigenvalue weighted by Gasteiger charge is -2.08. The molecular weight excluding hydrogens is 335 g/mol. The van der Waals surface area contributed by atoms with Gasteiger partial charge in [-0.2, -0.15) is 0 Å². The number of hydrogen-bond acceptors (Lipinski definition) is 2. The Balaban J connectivity index is 2.25. The number of nitrogens with zero attached hydrogens (tertiary/aromatic N) is 1. The summed E-state index contributed by atoms with van der Waals surface area (Å²) in [6.07, 6.45) is 0. The number of aryl methyl sites for hydroxylation is 1. The van der Waals surface area contributed by atoms with E-state index in [2.05, 4.69) is 26.2 Å². The van der Waals surface area contributed by atoms with Crippen molar-refractivity contribution < 1.29 is 9.18 Å². The Hall–Kier alpha value is -1.46. The molecule has 1 N–H and O–H groups in total. The predicted octanol–water partition coefficient (Wildman–Crippen LogP) is 4.20. The summed E-state index contributed by atoms with van der Waals surface area (Å²) in [6.45, 7) is 1.75. The first-order valence-electron chi connectivity index (χ1n) is 5.37. The Bertz CT molecular complexity index is 649. The Morgan fingerprint density at radius 2 is 2.11 bits per heavy atom. The SMILES string of the molecule is Cc1nc(Br)ccc1NC(=O)c1ccc(Cl)cc1F. The Morgan fingerprint density at radius 1 is 1.37 bits per heavy atom. The number of rotatable bonds is 2. The summed E-state index contributed by atoms with van der Waals surface area (Å²) >= 11 is 8.87. The van der Waals surface area contributed by atoms with Crippen molar-refractivity contribution >= 4 is 39.1 Å². The molecule has 0 spiro atoms. The number of anilines is 1. The van der Waals surface area contributed by atoms with Crippen molar-refractivity contribution in [3.8, 4) is 0 Å². The van der Waals surface area contributed by atoms with E-state index in [9.17, 15) is 9.18 Å². The summed E-state index contributed by atoms with van der Waals surface area (Å²) in [7, 11) is 0. The van der Waals surface area contributed by atoms with Gasteiger partial charge in [-0.15, -0.1) is 0 Å². The van der Waals surface area contributed by atoms with Crippen LogP contribution in [0.2, 0.25) is 5.02 Å². The van der Waals surface area contributed by atoms with Crippen LogP contribution in [0.1, 0.15) is 16.1 Å². The number of hydrogen-bond donors (Lipinski definition) is 1. The maximum Gasteiger partial charge on any atom is 0.258 e. The zero-order valence-corrected chi connectivity index (χ0v) is 12.2. The Kier molecular flexibility index (Phi) is 4.17. The molecule has 0 atom stereocenters. The summed E-state index contributed by atoms with van der Waals surface area (Å²) in [5, 5.41) is 2.85. The summed E-state index contributed by atoms with van der Waals surface area (Å²) in [5.74, 6) is -1.20. The highest BCUT2D eigenvalue weighted by Gasteiger charge is 2.13. The third-order valence-corrected chi connectivity index (χ3v) is 3.15. The van der Waals surface area contributed by atoms with Crippen molar-refractivity contribution in [3.05, 3.63) is 57.0 Å². The number of halogens is 3. The molecule has 1 amide bonds. The lowest BCUT2D eigenvalue weighted by atomic mass is 10.2. The number of carbonyl (C=O) groups is 1. The van der Waals surface area contributed by atoms with Crippen molar-refractivity contribution in [1.82, 2.24) is 4.98 Å². The third-order valence-electron chi connectivity index (χ3n) is 2.48. The minimum atomic E-state index is -0.660. The fourth-order valence-electron chi connectivity index (χ4n) is 1.53. The largest absolute Gasteiger partial charge is 0.320 e. The van der Waals surface area contributed by atoms with Crippen molar-refractivity contribution in [2.75, 3.05) is 5.32 Å². The monoisotopic (exact) mass is 342 g/mol. The van der Waals surface area contributed by atoms with Crippen LogP contribution in [0, 0.1) is 12.7 Å². The zero-order chi connectivity index (χ0) is 14.0. The van der Waals surface area contributed by atoms with Crippen LogP contribution in [0.5, 0.6) is 0 Å². The summed E-state index contributed by atoms with van der Waals surface area (Å²) in [4.78, 5) is 16.1. The first-order valence-corrected chi connectivity index (χ1v) is 6.54. The maximum absolute atomic E-state index is 13.6. The second-order valence-electron chi connectivity index (χ2n) is 3.85. The second kappa shape index (κ2) is 5.67. The van der Waals surface area contributed by atoms with E-state index in [-0.39, 0.29) is 10.6 Å². The number of nitrogens with one attached hydrogen (secondary N) is 1. The molecule has 6 heteroatoms. The van der Waals surface area contributed by atoms with Crippen LogP contribution in [0.15, 0.2) is 34.9 Å². The summed E-state index contributed by atoms with van der Waals surface area (Å²) in [5.41, 5.74) is 1.10. The predicted molar refractivity (Wildman–Crippen MR) is 76.0 cm³/mol. The van der Waals surface area contributed by atoms with E-state index in [4.69, 9.17) is 11.6 Å². The molecule has 0 aliphatic rings. The molecule has 0 saturated carbocycles. The van der Waals surface area contributed by atoms with E-state index in [0.29, 0.717) is 16.0 Å². The fraction of sp³-hybridized carbons (Fsp3) is 0.0769. The van der Waals surface area contributed by atoms with Gasteiger partial charge in [0.1, 0.15) is 10.4 Å². The van der Waals surface area contributed by atoms with Crippen molar-refractivity contribution in [2.24, 2.45) is 0 Å². The molecule has 0 saturated heterocycles. The number of pyridine rings is 1. The Morgan fingerprint density at radius 3 is 2.74 bits per heavy atom. The molecular formula is C13H9BrClFN2O. The van der Waals surface area contributed by atoms with Crippen molar-refractivity contribution in [1.29, 1.82) is 0 Å². The van der Waals surface area contributed by atoms with Gasteiger partial charge in [0.15, 0.2) is 0 Å². The molecule has 0 aliphatic carbocycles. The molecule has 0 bridgehead atoms. The van der Waals surface area contributed by atoms with Crippen molar-refractivity contribution in [3.63, 3.8) is 0 Å². The molecule has 98 valence electrons. The number of carbonyl (C=O) groups excluding carboxylic acids is 1. The van der Waals surface area contributed by atoms with Gasteiger partial charge in [-0.05, 0) is 53.2 Å². The minimum absolute atomic E-state index is 0.0632. The lowest BCUT2D eigenvalue weighted by Crippen LogP contribution is -2.14. The van der Waals surface area contributed by atoms with Gasteiger partial charge in [0.2, 0.25) is 0 Å². The molecule has 2 rings (SSSR count). The summed E-state index contributed by atoms with van der Waals surface area (Å²) < 4.78 is 14.3. The molecule has 2 aromatic rings. The van der Waals surface area contributed by atoms with E-state index in [1.807, 2.05) is 0 Å². The number of amides is 1. The van der Waals surface area contributed by atoms with Gasteiger partial charge in [-0.1, -0.05) is 11.6 Å². The summed E-state index contributed by atoms with van der Waals surface area (Å²) in [6, 6.07) is 7.29. The minimum Gasteiger partial charge on any atom is -0.320 e. The first kappa shape index (κ1) is 14.0. The number of aromatic nitrogens is 1. The molecule has 19 heavy (non-hydrogen) atoms. The van der Waals surface area contributed by atoms with Crippen LogP contribution in [-0.4, -0.2) is 10.9 Å². The average Bonchev–Trinajstić information content (AvgIpc) is 2.32. The molecule has 0 radical (unpaired) electrons. The van der Waals surface area contributed by atoms with Crippen LogP contribution in [0.3, 0.4) is 0 Å². The van der Waals surface area contributed by atoms with Gasteiger partial charge in [-0.25, -0.2) is 9.37 Å². The van der Waals surface area contributed by atoms with Crippen molar-refractivity contribution in [2.45, 2.75) is 6.92 Å². The molecule has 0 unspecified atom stereocenters. The van der Waals surface area contributed by atoms with E-state index in [1.165, 1.54) is 12.1 Å². The average molecular weight is 344 g/mol. The van der Waals surface area contributed by atoms with E-state index in [0.717, 1.165) is 6.07 Å². The van der Waals surface area contributed by atoms with Gasteiger partial charge in [0.25, 0.3) is 5.91 Å². The van der Waals surface area contributed by atoms with Crippen LogP contribution in [-0.2, 0) is 0 Å². The Labute approximate surface area is 122 Å². The van der Waals surface area contributed by atoms with Crippen LogP contribution >= 0.6 is 27.5 Å². The quantitative estimate of drug-likeness (QED) is 0.831. The van der Waals surface area contributed by atoms with Gasteiger partial charge >= 0.3 is 0 Å². The fourth-order valence-corrected chi connectivity index (χ4v) is 2.08. The normalized spacial score (nSPS) is 10.3. The van der Waals surface area contributed by atoms with Gasteiger partial charge in [0, 0.05) is 5.02 Å². The van der Waals surface area contributed by atoms with Gasteiger partial charge in [-0.3, -0.25) is 4.79 Å². The molecule has 1 aromatic heterocycles. The topological polar surface area (TPSA) is 42.0 Å². The highest BCUT2D eigenvalue weighted by molar-refractivity contribution is 9.10. The molecule has 3 nitrogen and oxygen atoms in total. The molecule has 0 fully saturated rings. The van der Waals surface area contributed by atoms with Crippen LogP contribution < -0.4 is 5.32 Å². The van der Waals surface area contributed by atoms with Gasteiger partial charge < -0.3 is 5.32 Å². The zero-order valence-electron chi connectivity index (χ0n) is 9.88. The van der Waals surface area contributed by atoms with Crippen LogP contribution in [0.25, 0.3) is 0 Å². The molecule has 1 aromatic carbocycles. The third kappa shape index (κ3) is 3.30. The van der Waals surface area contributed by atoms with Gasteiger partial charge in [0.05, 0.1) is 16.9 Å². The highest BCUT2D eigenvalue weighted by Crippen LogP contribution is 2.19. The van der Waals surface area contributed by atoms with E-state index < -0.39 is 11.7 Å². The maximum atomic E-state index is 13.6. The van der Waals surface area contributed by atoms with E-state index >= 15 is 0 Å².